The summed E-state index contributed by atoms with van der Waals surface area (Å²) in [6, 6.07) is 4.80. The van der Waals surface area contributed by atoms with Gasteiger partial charge in [-0.1, -0.05) is 22.9 Å². The number of nitrogens with zero attached hydrogens (tertiary/aromatic N) is 5. The second-order valence-electron chi connectivity index (χ2n) is 7.18. The lowest BCUT2D eigenvalue weighted by Crippen LogP contribution is -2.40. The minimum absolute atomic E-state index is 0.0691. The Kier molecular flexibility index (Phi) is 4.66. The van der Waals surface area contributed by atoms with Gasteiger partial charge >= 0.3 is 0 Å². The Labute approximate surface area is 166 Å². The fraction of sp³-hybridized carbons (Fsp3) is 0.368. The third-order valence-corrected chi connectivity index (χ3v) is 5.71. The van der Waals surface area contributed by atoms with Gasteiger partial charge in [-0.25, -0.2) is 14.2 Å². The predicted octanol–water partition coefficient (Wildman–Crippen LogP) is 3.02. The Morgan fingerprint density at radius 1 is 1.39 bits per heavy atom. The van der Waals surface area contributed by atoms with E-state index in [1.807, 2.05) is 23.4 Å². The van der Waals surface area contributed by atoms with Crippen LogP contribution in [0.1, 0.15) is 42.4 Å². The van der Waals surface area contributed by atoms with Crippen LogP contribution in [0.3, 0.4) is 0 Å². The highest BCUT2D eigenvalue weighted by Gasteiger charge is 2.31. The monoisotopic (exact) mass is 402 g/mol. The molecule has 0 aliphatic carbocycles. The van der Waals surface area contributed by atoms with Gasteiger partial charge in [0.15, 0.2) is 0 Å². The molecular weight excluding hydrogens is 383 g/mol. The fourth-order valence-electron chi connectivity index (χ4n) is 3.84. The van der Waals surface area contributed by atoms with Crippen LogP contribution < -0.4 is 10.5 Å². The number of aryl methyl sites for hydroxylation is 1. The standard InChI is InChI=1S/C19H20ClFN6O/c1-10-6-13(21)4-5-14(10)12(3)27-16-7-11(2)26(9-15(16)23-25-27)17-8-22-24-19(28)18(17)20/h4-6,8,11-12H,7,9H2,1-3H3,(H,24,28)/t11-,12-/m1/s1. The molecule has 0 spiro atoms. The minimum atomic E-state index is -0.416. The van der Waals surface area contributed by atoms with Gasteiger partial charge in [0.05, 0.1) is 30.2 Å². The molecule has 7 nitrogen and oxygen atoms in total. The molecule has 1 aliphatic heterocycles. The smallest absolute Gasteiger partial charge is 0.285 e. The second kappa shape index (κ2) is 7.01. The van der Waals surface area contributed by atoms with Crippen molar-refractivity contribution in [3.63, 3.8) is 0 Å². The molecule has 9 heteroatoms. The van der Waals surface area contributed by atoms with E-state index in [4.69, 9.17) is 11.6 Å². The van der Waals surface area contributed by atoms with Gasteiger partial charge in [0.1, 0.15) is 16.5 Å². The predicted molar refractivity (Wildman–Crippen MR) is 104 cm³/mol. The van der Waals surface area contributed by atoms with Crippen LogP contribution in [0.2, 0.25) is 5.02 Å². The quantitative estimate of drug-likeness (QED) is 0.728. The zero-order chi connectivity index (χ0) is 20.0. The average molecular weight is 403 g/mol. The summed E-state index contributed by atoms with van der Waals surface area (Å²) >= 11 is 6.19. The maximum atomic E-state index is 13.5. The zero-order valence-corrected chi connectivity index (χ0v) is 16.5. The van der Waals surface area contributed by atoms with E-state index in [1.54, 1.807) is 12.3 Å². The minimum Gasteiger partial charge on any atom is -0.360 e. The van der Waals surface area contributed by atoms with Gasteiger partial charge in [-0.3, -0.25) is 4.79 Å². The number of hydrogen-bond acceptors (Lipinski definition) is 5. The molecule has 1 aromatic carbocycles. The van der Waals surface area contributed by atoms with Crippen LogP contribution in [-0.2, 0) is 13.0 Å². The second-order valence-corrected chi connectivity index (χ2v) is 7.56. The van der Waals surface area contributed by atoms with E-state index < -0.39 is 5.56 Å². The molecule has 0 amide bonds. The molecule has 0 fully saturated rings. The molecule has 0 unspecified atom stereocenters. The van der Waals surface area contributed by atoms with Crippen molar-refractivity contribution in [3.05, 3.63) is 68.1 Å². The Morgan fingerprint density at radius 3 is 2.93 bits per heavy atom. The number of anilines is 1. The van der Waals surface area contributed by atoms with Crippen molar-refractivity contribution >= 4 is 17.3 Å². The summed E-state index contributed by atoms with van der Waals surface area (Å²) in [6.45, 7) is 6.47. The highest BCUT2D eigenvalue weighted by molar-refractivity contribution is 6.33. The van der Waals surface area contributed by atoms with Gasteiger partial charge in [-0.05, 0) is 44.0 Å². The molecule has 28 heavy (non-hydrogen) atoms. The Morgan fingerprint density at radius 2 is 2.18 bits per heavy atom. The molecule has 3 aromatic rings. The Hall–Kier alpha value is -2.74. The van der Waals surface area contributed by atoms with E-state index in [1.165, 1.54) is 12.1 Å². The molecule has 2 aromatic heterocycles. The summed E-state index contributed by atoms with van der Waals surface area (Å²) < 4.78 is 15.4. The molecule has 2 atom stereocenters. The summed E-state index contributed by atoms with van der Waals surface area (Å²) in [5.74, 6) is -0.248. The summed E-state index contributed by atoms with van der Waals surface area (Å²) in [4.78, 5) is 13.8. The van der Waals surface area contributed by atoms with Crippen molar-refractivity contribution in [1.82, 2.24) is 25.2 Å². The fourth-order valence-corrected chi connectivity index (χ4v) is 4.03. The van der Waals surface area contributed by atoms with Crippen LogP contribution in [0.15, 0.2) is 29.2 Å². The van der Waals surface area contributed by atoms with E-state index in [0.29, 0.717) is 18.7 Å². The number of fused-ring (bicyclic) bond motifs is 1. The maximum absolute atomic E-state index is 13.5. The van der Waals surface area contributed by atoms with Gasteiger partial charge in [-0.2, -0.15) is 5.10 Å². The van der Waals surface area contributed by atoms with E-state index >= 15 is 0 Å². The first-order valence-electron chi connectivity index (χ1n) is 9.05. The van der Waals surface area contributed by atoms with Crippen molar-refractivity contribution in [2.75, 3.05) is 4.90 Å². The van der Waals surface area contributed by atoms with Gasteiger partial charge in [0.25, 0.3) is 5.56 Å². The Balaban J connectivity index is 1.68. The largest absolute Gasteiger partial charge is 0.360 e. The highest BCUT2D eigenvalue weighted by Crippen LogP contribution is 2.32. The first-order valence-corrected chi connectivity index (χ1v) is 9.43. The first kappa shape index (κ1) is 18.6. The number of hydrogen-bond donors (Lipinski definition) is 1. The van der Waals surface area contributed by atoms with Crippen LogP contribution in [0.4, 0.5) is 10.1 Å². The molecule has 0 bridgehead atoms. The molecule has 1 aliphatic rings. The number of rotatable bonds is 3. The lowest BCUT2D eigenvalue weighted by Gasteiger charge is -2.35. The van der Waals surface area contributed by atoms with Gasteiger partial charge in [0.2, 0.25) is 0 Å². The van der Waals surface area contributed by atoms with Crippen LogP contribution in [-0.4, -0.2) is 31.2 Å². The lowest BCUT2D eigenvalue weighted by molar-refractivity contribution is 0.494. The lowest BCUT2D eigenvalue weighted by atomic mass is 9.99. The average Bonchev–Trinajstić information content (AvgIpc) is 3.05. The number of benzene rings is 1. The molecule has 1 N–H and O–H groups in total. The summed E-state index contributed by atoms with van der Waals surface area (Å²) in [6.07, 6.45) is 2.25. The van der Waals surface area contributed by atoms with Crippen molar-refractivity contribution < 1.29 is 4.39 Å². The van der Waals surface area contributed by atoms with Crippen LogP contribution in [0.5, 0.6) is 0 Å². The molecule has 4 rings (SSSR count). The number of nitrogens with one attached hydrogen (secondary N) is 1. The van der Waals surface area contributed by atoms with E-state index in [-0.39, 0.29) is 22.9 Å². The highest BCUT2D eigenvalue weighted by atomic mass is 35.5. The SMILES string of the molecule is Cc1cc(F)ccc1[C@@H](C)n1nnc2c1C[C@@H](C)N(c1cn[nH]c(=O)c1Cl)C2. The third-order valence-electron chi connectivity index (χ3n) is 5.35. The molecule has 0 saturated heterocycles. The normalized spacial score (nSPS) is 17.5. The van der Waals surface area contributed by atoms with Crippen LogP contribution in [0, 0.1) is 12.7 Å². The number of H-pyrrole nitrogens is 1. The van der Waals surface area contributed by atoms with Crippen molar-refractivity contribution in [2.45, 2.75) is 45.8 Å². The molecule has 146 valence electrons. The molecular formula is C19H20ClFN6O. The van der Waals surface area contributed by atoms with Gasteiger partial charge in [-0.15, -0.1) is 5.10 Å². The van der Waals surface area contributed by atoms with E-state index in [2.05, 4.69) is 27.4 Å². The molecule has 0 saturated carbocycles. The van der Waals surface area contributed by atoms with Crippen LogP contribution in [0.25, 0.3) is 0 Å². The van der Waals surface area contributed by atoms with Gasteiger partial charge in [0, 0.05) is 12.5 Å². The first-order chi connectivity index (χ1) is 13.4. The Bertz CT molecular complexity index is 1090. The van der Waals surface area contributed by atoms with Crippen molar-refractivity contribution in [2.24, 2.45) is 0 Å². The van der Waals surface area contributed by atoms with Crippen molar-refractivity contribution in [3.8, 4) is 0 Å². The third kappa shape index (κ3) is 3.07. The summed E-state index contributed by atoms with van der Waals surface area (Å²) in [5.41, 5.74) is 3.92. The molecule has 3 heterocycles. The van der Waals surface area contributed by atoms with Crippen molar-refractivity contribution in [1.29, 1.82) is 0 Å². The maximum Gasteiger partial charge on any atom is 0.285 e. The zero-order valence-electron chi connectivity index (χ0n) is 15.8. The van der Waals surface area contributed by atoms with E-state index in [9.17, 15) is 9.18 Å². The van der Waals surface area contributed by atoms with Crippen LogP contribution >= 0.6 is 11.6 Å². The number of aromatic nitrogens is 5. The summed E-state index contributed by atoms with van der Waals surface area (Å²) in [5, 5.41) is 15.1. The number of aromatic amines is 1. The summed E-state index contributed by atoms with van der Waals surface area (Å²) in [7, 11) is 0. The topological polar surface area (TPSA) is 79.7 Å². The number of halogens is 2. The van der Waals surface area contributed by atoms with Gasteiger partial charge < -0.3 is 4.90 Å². The van der Waals surface area contributed by atoms with E-state index in [0.717, 1.165) is 22.5 Å². The molecule has 0 radical (unpaired) electrons.